The van der Waals surface area contributed by atoms with Crippen LogP contribution in [0.25, 0.3) is 0 Å². The summed E-state index contributed by atoms with van der Waals surface area (Å²) in [4.78, 5) is 23.1. The number of aromatic nitrogens is 3. The van der Waals surface area contributed by atoms with Gasteiger partial charge in [0.2, 0.25) is 5.91 Å². The van der Waals surface area contributed by atoms with E-state index in [2.05, 4.69) is 32.0 Å². The lowest BCUT2D eigenvalue weighted by atomic mass is 10.2. The van der Waals surface area contributed by atoms with Crippen molar-refractivity contribution in [2.24, 2.45) is 5.92 Å². The molecule has 0 bridgehead atoms. The third-order valence-corrected chi connectivity index (χ3v) is 4.70. The normalized spacial score (nSPS) is 17.5. The largest absolute Gasteiger partial charge is 0.350 e. The maximum atomic E-state index is 11.8. The summed E-state index contributed by atoms with van der Waals surface area (Å²) in [7, 11) is 0. The van der Waals surface area contributed by atoms with E-state index in [9.17, 15) is 4.79 Å². The Bertz CT molecular complexity index is 707. The molecule has 126 valence electrons. The molecule has 2 aromatic heterocycles. The predicted molar refractivity (Wildman–Crippen MR) is 89.8 cm³/mol. The number of imidazole rings is 1. The van der Waals surface area contributed by atoms with E-state index in [4.69, 9.17) is 4.98 Å². The molecule has 0 unspecified atom stereocenters. The van der Waals surface area contributed by atoms with Crippen molar-refractivity contribution in [3.63, 3.8) is 0 Å². The van der Waals surface area contributed by atoms with Crippen LogP contribution in [0.2, 0.25) is 0 Å². The van der Waals surface area contributed by atoms with Gasteiger partial charge in [0.1, 0.15) is 5.82 Å². The lowest BCUT2D eigenvalue weighted by Gasteiger charge is -2.27. The minimum Gasteiger partial charge on any atom is -0.350 e. The number of fused-ring (bicyclic) bond motifs is 1. The third kappa shape index (κ3) is 3.82. The van der Waals surface area contributed by atoms with E-state index in [1.54, 1.807) is 6.20 Å². The van der Waals surface area contributed by atoms with E-state index in [1.165, 1.54) is 18.4 Å². The molecule has 1 aliphatic carbocycles. The topological polar surface area (TPSA) is 63.1 Å². The summed E-state index contributed by atoms with van der Waals surface area (Å²) in [5.41, 5.74) is 2.18. The van der Waals surface area contributed by atoms with Gasteiger partial charge in [-0.3, -0.25) is 14.7 Å². The maximum absolute atomic E-state index is 11.8. The zero-order valence-electron chi connectivity index (χ0n) is 13.8. The molecule has 0 spiro atoms. The van der Waals surface area contributed by atoms with Crippen LogP contribution in [0.15, 0.2) is 30.7 Å². The van der Waals surface area contributed by atoms with Crippen molar-refractivity contribution in [1.82, 2.24) is 24.8 Å². The monoisotopic (exact) mass is 325 g/mol. The minimum atomic E-state index is 0.154. The molecular formula is C18H23N5O. The quantitative estimate of drug-likeness (QED) is 0.878. The van der Waals surface area contributed by atoms with Gasteiger partial charge in [-0.1, -0.05) is 6.07 Å². The first-order chi connectivity index (χ1) is 11.8. The highest BCUT2D eigenvalue weighted by atomic mass is 16.1. The summed E-state index contributed by atoms with van der Waals surface area (Å²) in [6, 6.07) is 4.08. The predicted octanol–water partition coefficient (Wildman–Crippen LogP) is 1.71. The molecule has 6 nitrogen and oxygen atoms in total. The highest BCUT2D eigenvalue weighted by molar-refractivity contribution is 5.76. The van der Waals surface area contributed by atoms with Crippen molar-refractivity contribution < 1.29 is 4.79 Å². The van der Waals surface area contributed by atoms with Crippen LogP contribution in [0, 0.1) is 5.92 Å². The fourth-order valence-corrected chi connectivity index (χ4v) is 3.18. The molecule has 3 heterocycles. The van der Waals surface area contributed by atoms with Crippen LogP contribution in [0.4, 0.5) is 0 Å². The Kier molecular flexibility index (Phi) is 4.30. The molecule has 1 saturated carbocycles. The third-order valence-electron chi connectivity index (χ3n) is 4.70. The zero-order valence-corrected chi connectivity index (χ0v) is 13.8. The first-order valence-corrected chi connectivity index (χ1v) is 8.69. The summed E-state index contributed by atoms with van der Waals surface area (Å²) in [6.45, 7) is 4.22. The van der Waals surface area contributed by atoms with E-state index < -0.39 is 0 Å². The molecule has 24 heavy (non-hydrogen) atoms. The van der Waals surface area contributed by atoms with E-state index in [0.29, 0.717) is 18.9 Å². The van der Waals surface area contributed by atoms with Gasteiger partial charge in [-0.15, -0.1) is 0 Å². The number of nitrogens with one attached hydrogen (secondary N) is 1. The number of carbonyl (C=O) groups excluding carboxylic acids is 1. The smallest absolute Gasteiger partial charge is 0.220 e. The van der Waals surface area contributed by atoms with Gasteiger partial charge < -0.3 is 9.88 Å². The average Bonchev–Trinajstić information content (AvgIpc) is 3.30. The molecule has 4 rings (SSSR count). The molecule has 0 radical (unpaired) electrons. The molecule has 1 aliphatic heterocycles. The van der Waals surface area contributed by atoms with Crippen LogP contribution in [-0.2, 0) is 31.0 Å². The van der Waals surface area contributed by atoms with E-state index >= 15 is 0 Å². The number of pyridine rings is 1. The van der Waals surface area contributed by atoms with Crippen molar-refractivity contribution in [3.05, 3.63) is 47.8 Å². The van der Waals surface area contributed by atoms with Crippen LogP contribution in [0.3, 0.4) is 0 Å². The summed E-state index contributed by atoms with van der Waals surface area (Å²) in [5, 5.41) is 2.99. The summed E-state index contributed by atoms with van der Waals surface area (Å²) in [5.74, 6) is 1.86. The van der Waals surface area contributed by atoms with Crippen molar-refractivity contribution in [2.45, 2.75) is 45.4 Å². The Morgan fingerprint density at radius 2 is 2.25 bits per heavy atom. The molecular weight excluding hydrogens is 302 g/mol. The highest BCUT2D eigenvalue weighted by Gasteiger charge is 2.24. The average molecular weight is 325 g/mol. The van der Waals surface area contributed by atoms with Crippen LogP contribution in [0.1, 0.15) is 36.3 Å². The molecule has 1 amide bonds. The maximum Gasteiger partial charge on any atom is 0.220 e. The number of amides is 1. The molecule has 2 aliphatic rings. The van der Waals surface area contributed by atoms with E-state index in [0.717, 1.165) is 37.7 Å². The van der Waals surface area contributed by atoms with Gasteiger partial charge in [0.15, 0.2) is 0 Å². The van der Waals surface area contributed by atoms with Gasteiger partial charge in [-0.05, 0) is 30.4 Å². The number of nitrogens with zero attached hydrogens (tertiary/aromatic N) is 4. The summed E-state index contributed by atoms with van der Waals surface area (Å²) < 4.78 is 2.21. The Balaban J connectivity index is 1.32. The van der Waals surface area contributed by atoms with Gasteiger partial charge in [-0.25, -0.2) is 4.98 Å². The fraction of sp³-hybridized carbons (Fsp3) is 0.500. The Labute approximate surface area is 141 Å². The van der Waals surface area contributed by atoms with Gasteiger partial charge >= 0.3 is 0 Å². The Hall–Kier alpha value is -2.21. The standard InChI is InChI=1S/C18H23N5O/c24-18(8-14-3-4-14)20-10-16-12-23-7-6-22(13-17(23)21-16)11-15-2-1-5-19-9-15/h1-2,5,9,12,14H,3-4,6-8,10-11,13H2,(H,20,24). The van der Waals surface area contributed by atoms with Crippen molar-refractivity contribution in [2.75, 3.05) is 6.54 Å². The van der Waals surface area contributed by atoms with Gasteiger partial charge in [0.05, 0.1) is 18.8 Å². The molecule has 1 fully saturated rings. The van der Waals surface area contributed by atoms with Crippen LogP contribution >= 0.6 is 0 Å². The first kappa shape index (κ1) is 15.3. The fourth-order valence-electron chi connectivity index (χ4n) is 3.18. The van der Waals surface area contributed by atoms with Crippen LogP contribution < -0.4 is 5.32 Å². The highest BCUT2D eigenvalue weighted by Crippen LogP contribution is 2.32. The van der Waals surface area contributed by atoms with E-state index in [1.807, 2.05) is 12.3 Å². The Morgan fingerprint density at radius 1 is 1.33 bits per heavy atom. The first-order valence-electron chi connectivity index (χ1n) is 8.69. The minimum absolute atomic E-state index is 0.154. The second kappa shape index (κ2) is 6.73. The Morgan fingerprint density at radius 3 is 3.04 bits per heavy atom. The number of hydrogen-bond acceptors (Lipinski definition) is 4. The molecule has 2 aromatic rings. The van der Waals surface area contributed by atoms with Crippen molar-refractivity contribution in [1.29, 1.82) is 0 Å². The number of hydrogen-bond donors (Lipinski definition) is 1. The lowest BCUT2D eigenvalue weighted by Crippen LogP contribution is -2.33. The van der Waals surface area contributed by atoms with Gasteiger partial charge in [-0.2, -0.15) is 0 Å². The summed E-state index contributed by atoms with van der Waals surface area (Å²) in [6.07, 6.45) is 8.89. The molecule has 0 atom stereocenters. The zero-order chi connectivity index (χ0) is 16.4. The SMILES string of the molecule is O=C(CC1CC1)NCc1cn2c(n1)CN(Cc1cccnc1)CC2. The second-order valence-electron chi connectivity index (χ2n) is 6.84. The van der Waals surface area contributed by atoms with Crippen LogP contribution in [0.5, 0.6) is 0 Å². The molecule has 6 heteroatoms. The van der Waals surface area contributed by atoms with Crippen molar-refractivity contribution in [3.8, 4) is 0 Å². The molecule has 0 aromatic carbocycles. The van der Waals surface area contributed by atoms with E-state index in [-0.39, 0.29) is 5.91 Å². The van der Waals surface area contributed by atoms with Crippen molar-refractivity contribution >= 4 is 5.91 Å². The number of carbonyl (C=O) groups is 1. The van der Waals surface area contributed by atoms with Gasteiger partial charge in [0, 0.05) is 44.6 Å². The lowest BCUT2D eigenvalue weighted by molar-refractivity contribution is -0.121. The van der Waals surface area contributed by atoms with Gasteiger partial charge in [0.25, 0.3) is 0 Å². The number of rotatable bonds is 6. The second-order valence-corrected chi connectivity index (χ2v) is 6.84. The molecule has 0 saturated heterocycles. The molecule has 1 N–H and O–H groups in total. The summed E-state index contributed by atoms with van der Waals surface area (Å²) >= 11 is 0. The van der Waals surface area contributed by atoms with Crippen LogP contribution in [-0.4, -0.2) is 31.9 Å².